The van der Waals surface area contributed by atoms with Gasteiger partial charge in [-0.3, -0.25) is 0 Å². The van der Waals surface area contributed by atoms with Gasteiger partial charge in [-0.25, -0.2) is 0 Å². The van der Waals surface area contributed by atoms with Crippen LogP contribution in [0.2, 0.25) is 0 Å². The fourth-order valence-corrected chi connectivity index (χ4v) is 1.84. The van der Waals surface area contributed by atoms with Gasteiger partial charge in [0, 0.05) is 11.5 Å². The van der Waals surface area contributed by atoms with Crippen molar-refractivity contribution in [3.63, 3.8) is 0 Å². The molecule has 0 bridgehead atoms. The summed E-state index contributed by atoms with van der Waals surface area (Å²) in [5.41, 5.74) is 2.09. The Morgan fingerprint density at radius 2 is 1.73 bits per heavy atom. The van der Waals surface area contributed by atoms with Crippen LogP contribution in [0.15, 0.2) is 46.9 Å². The average molecular weight is 195 g/mol. The van der Waals surface area contributed by atoms with Gasteiger partial charge in [0.2, 0.25) is 5.39 Å². The second-order valence-electron chi connectivity index (χ2n) is 3.35. The van der Waals surface area contributed by atoms with E-state index in [0.29, 0.717) is 5.69 Å². The van der Waals surface area contributed by atoms with Crippen LogP contribution in [-0.2, 0) is 0 Å². The van der Waals surface area contributed by atoms with Gasteiger partial charge >= 0.3 is 5.69 Å². The fourth-order valence-electron chi connectivity index (χ4n) is 1.84. The first-order valence-corrected chi connectivity index (χ1v) is 4.65. The van der Waals surface area contributed by atoms with Crippen LogP contribution in [0.1, 0.15) is 0 Å². The largest absolute Gasteiger partial charge is 0.456 e. The third-order valence-corrected chi connectivity index (χ3v) is 2.49. The van der Waals surface area contributed by atoms with Crippen molar-refractivity contribution < 1.29 is 4.42 Å². The standard InChI is InChI=1S/C12H7N2O/c13-14-9-5-3-7-11-12(9)8-4-1-2-6-10(8)15-11/h1-7H/q+1. The lowest BCUT2D eigenvalue weighted by atomic mass is 10.1. The minimum atomic E-state index is 0.539. The molecular formula is C12H7N2O+. The summed E-state index contributed by atoms with van der Waals surface area (Å²) in [5.74, 6) is 0. The Morgan fingerprint density at radius 3 is 2.60 bits per heavy atom. The summed E-state index contributed by atoms with van der Waals surface area (Å²) in [5, 5.41) is 10.7. The van der Waals surface area contributed by atoms with Crippen LogP contribution in [0.5, 0.6) is 0 Å². The molecule has 3 nitrogen and oxygen atoms in total. The van der Waals surface area contributed by atoms with E-state index in [1.54, 1.807) is 12.1 Å². The summed E-state index contributed by atoms with van der Waals surface area (Å²) in [6.07, 6.45) is 0. The zero-order chi connectivity index (χ0) is 10.3. The fraction of sp³-hybridized carbons (Fsp3) is 0. The van der Waals surface area contributed by atoms with Crippen molar-refractivity contribution in [3.05, 3.63) is 47.4 Å². The minimum absolute atomic E-state index is 0.539. The van der Waals surface area contributed by atoms with Crippen LogP contribution in [0.25, 0.3) is 26.9 Å². The van der Waals surface area contributed by atoms with Gasteiger partial charge in [0.05, 0.1) is 0 Å². The molecule has 0 atom stereocenters. The summed E-state index contributed by atoms with van der Waals surface area (Å²) >= 11 is 0. The number of benzene rings is 2. The number of diazo groups is 1. The van der Waals surface area contributed by atoms with E-state index >= 15 is 0 Å². The Hall–Kier alpha value is -2.34. The van der Waals surface area contributed by atoms with Gasteiger partial charge in [0.25, 0.3) is 0 Å². The number of rotatable bonds is 0. The van der Waals surface area contributed by atoms with Gasteiger partial charge in [-0.15, -0.1) is 0 Å². The van der Waals surface area contributed by atoms with Crippen molar-refractivity contribution in [1.82, 2.24) is 0 Å². The first kappa shape index (κ1) is 8.01. The zero-order valence-corrected chi connectivity index (χ0v) is 7.84. The molecule has 0 saturated heterocycles. The summed E-state index contributed by atoms with van der Waals surface area (Å²) in [7, 11) is 0. The van der Waals surface area contributed by atoms with Crippen molar-refractivity contribution in [3.8, 4) is 0 Å². The highest BCUT2D eigenvalue weighted by molar-refractivity contribution is 6.11. The molecule has 3 rings (SSSR count). The molecule has 2 aromatic carbocycles. The van der Waals surface area contributed by atoms with Gasteiger partial charge in [-0.05, 0) is 12.1 Å². The SMILES string of the molecule is N#[N+]c1cccc2oc3ccccc3c12. The Morgan fingerprint density at radius 1 is 0.933 bits per heavy atom. The molecule has 0 N–H and O–H groups in total. The van der Waals surface area contributed by atoms with Crippen molar-refractivity contribution in [2.45, 2.75) is 0 Å². The molecule has 0 fully saturated rings. The van der Waals surface area contributed by atoms with Crippen LogP contribution >= 0.6 is 0 Å². The van der Waals surface area contributed by atoms with Crippen LogP contribution < -0.4 is 0 Å². The smallest absolute Gasteiger partial charge is 0.396 e. The van der Waals surface area contributed by atoms with Crippen molar-refractivity contribution in [2.24, 2.45) is 0 Å². The third-order valence-electron chi connectivity index (χ3n) is 2.49. The second kappa shape index (κ2) is 2.82. The molecule has 0 unspecified atom stereocenters. The summed E-state index contributed by atoms with van der Waals surface area (Å²) in [6, 6.07) is 13.1. The molecule has 0 amide bonds. The van der Waals surface area contributed by atoms with Crippen LogP contribution in [-0.4, -0.2) is 0 Å². The van der Waals surface area contributed by atoms with Crippen molar-refractivity contribution in [1.29, 1.82) is 5.39 Å². The highest BCUT2D eigenvalue weighted by Gasteiger charge is 2.17. The number of nitrogens with zero attached hydrogens (tertiary/aromatic N) is 2. The van der Waals surface area contributed by atoms with E-state index in [1.807, 2.05) is 30.3 Å². The maximum atomic E-state index is 8.90. The zero-order valence-electron chi connectivity index (χ0n) is 7.84. The third kappa shape index (κ3) is 1.02. The van der Waals surface area contributed by atoms with E-state index in [2.05, 4.69) is 4.98 Å². The van der Waals surface area contributed by atoms with Crippen LogP contribution in [0.3, 0.4) is 0 Å². The van der Waals surface area contributed by atoms with E-state index < -0.39 is 0 Å². The normalized spacial score (nSPS) is 10.6. The van der Waals surface area contributed by atoms with E-state index in [1.165, 1.54) is 0 Å². The highest BCUT2D eigenvalue weighted by Crippen LogP contribution is 2.35. The molecule has 3 aromatic rings. The minimum Gasteiger partial charge on any atom is -0.456 e. The van der Waals surface area contributed by atoms with Gasteiger partial charge < -0.3 is 4.42 Å². The van der Waals surface area contributed by atoms with Gasteiger partial charge in [0.15, 0.2) is 4.98 Å². The summed E-state index contributed by atoms with van der Waals surface area (Å²) < 4.78 is 5.62. The summed E-state index contributed by atoms with van der Waals surface area (Å²) in [6.45, 7) is 0. The quantitative estimate of drug-likeness (QED) is 0.507. The lowest BCUT2D eigenvalue weighted by molar-refractivity contribution is 0.669. The highest BCUT2D eigenvalue weighted by atomic mass is 16.3. The average Bonchev–Trinajstić information content (AvgIpc) is 2.67. The molecule has 0 spiro atoms. The predicted molar refractivity (Wildman–Crippen MR) is 58.5 cm³/mol. The number of hydrogen-bond acceptors (Lipinski definition) is 2. The number of hydrogen-bond donors (Lipinski definition) is 0. The van der Waals surface area contributed by atoms with E-state index in [-0.39, 0.29) is 0 Å². The van der Waals surface area contributed by atoms with Gasteiger partial charge in [0.1, 0.15) is 16.6 Å². The van der Waals surface area contributed by atoms with Crippen molar-refractivity contribution >= 4 is 27.6 Å². The Labute approximate surface area is 85.5 Å². The van der Waals surface area contributed by atoms with E-state index in [4.69, 9.17) is 9.81 Å². The molecule has 1 aromatic heterocycles. The van der Waals surface area contributed by atoms with E-state index in [0.717, 1.165) is 21.9 Å². The predicted octanol–water partition coefficient (Wildman–Crippen LogP) is 4.07. The molecule has 15 heavy (non-hydrogen) atoms. The Kier molecular flexibility index (Phi) is 1.51. The first-order chi connectivity index (χ1) is 7.40. The molecule has 0 saturated carbocycles. The molecule has 0 aliphatic heterocycles. The molecule has 1 heterocycles. The lowest BCUT2D eigenvalue weighted by Crippen LogP contribution is -1.66. The van der Waals surface area contributed by atoms with Gasteiger partial charge in [-0.1, -0.05) is 24.3 Å². The number of furan rings is 1. The molecule has 0 radical (unpaired) electrons. The second-order valence-corrected chi connectivity index (χ2v) is 3.35. The maximum absolute atomic E-state index is 8.90. The lowest BCUT2D eigenvalue weighted by Gasteiger charge is -1.83. The Bertz CT molecular complexity index is 691. The molecular weight excluding hydrogens is 188 g/mol. The Balaban J connectivity index is 2.64. The van der Waals surface area contributed by atoms with Crippen LogP contribution in [0, 0.1) is 5.39 Å². The molecule has 70 valence electrons. The summed E-state index contributed by atoms with van der Waals surface area (Å²) in [4.78, 5) is 3.26. The number of fused-ring (bicyclic) bond motifs is 3. The van der Waals surface area contributed by atoms with E-state index in [9.17, 15) is 0 Å². The topological polar surface area (TPSA) is 41.3 Å². The first-order valence-electron chi connectivity index (χ1n) is 4.65. The molecule has 3 heteroatoms. The monoisotopic (exact) mass is 195 g/mol. The molecule has 0 aliphatic rings. The number of para-hydroxylation sites is 1. The van der Waals surface area contributed by atoms with Crippen molar-refractivity contribution in [2.75, 3.05) is 0 Å². The molecule has 0 aliphatic carbocycles. The maximum Gasteiger partial charge on any atom is 0.396 e. The van der Waals surface area contributed by atoms with Crippen LogP contribution in [0.4, 0.5) is 5.69 Å². The van der Waals surface area contributed by atoms with Gasteiger partial charge in [-0.2, -0.15) is 0 Å².